The Labute approximate surface area is 88.2 Å². The molecule has 0 aliphatic heterocycles. The van der Waals surface area contributed by atoms with Crippen LogP contribution in [0.25, 0.3) is 0 Å². The molecule has 0 fully saturated rings. The number of hydrogen-bond acceptors (Lipinski definition) is 1. The summed E-state index contributed by atoms with van der Waals surface area (Å²) in [6.45, 7) is -2.45. The molecular weight excluding hydrogens is 259 g/mol. The number of benzene rings is 1. The van der Waals surface area contributed by atoms with Gasteiger partial charge in [-0.3, -0.25) is 0 Å². The van der Waals surface area contributed by atoms with Crippen LogP contribution in [-0.2, 0) is 20.0 Å². The van der Waals surface area contributed by atoms with Crippen LogP contribution in [0.4, 0.5) is 18.9 Å². The van der Waals surface area contributed by atoms with Crippen LogP contribution in [0.2, 0.25) is 0 Å². The Morgan fingerprint density at radius 1 is 1.07 bits per heavy atom. The third-order valence-electron chi connectivity index (χ3n) is 2.00. The highest BCUT2D eigenvalue weighted by Gasteiger charge is 2.13. The lowest BCUT2D eigenvalue weighted by atomic mass is 10.0. The lowest BCUT2D eigenvalue weighted by molar-refractivity contribution is 0.451. The molecule has 0 saturated carbocycles. The highest BCUT2D eigenvalue weighted by molar-refractivity contribution is 9.10. The first-order valence-electron chi connectivity index (χ1n) is 3.92. The Bertz CT molecular complexity index is 341. The smallest absolute Gasteiger partial charge is 0.117 e. The first-order valence-corrected chi connectivity index (χ1v) is 4.71. The zero-order valence-corrected chi connectivity index (χ0v) is 8.87. The van der Waals surface area contributed by atoms with E-state index in [2.05, 4.69) is 15.9 Å². The van der Waals surface area contributed by atoms with Crippen LogP contribution >= 0.6 is 15.9 Å². The van der Waals surface area contributed by atoms with Crippen LogP contribution in [0.15, 0.2) is 10.5 Å². The molecule has 1 rings (SSSR count). The maximum atomic E-state index is 12.5. The summed E-state index contributed by atoms with van der Waals surface area (Å²) in [6.07, 6.45) is 0. The van der Waals surface area contributed by atoms with Crippen LogP contribution in [-0.4, -0.2) is 0 Å². The molecule has 1 aromatic carbocycles. The summed E-state index contributed by atoms with van der Waals surface area (Å²) >= 11 is 3.04. The van der Waals surface area contributed by atoms with Gasteiger partial charge in [-0.25, -0.2) is 13.2 Å². The standard InChI is InChI=1S/C9H9BrF3N/c10-8-6(3-12)1-5(2-11)7(4-13)9(8)14/h1H,2-4,14H2. The largest absolute Gasteiger partial charge is 0.397 e. The maximum absolute atomic E-state index is 12.5. The fourth-order valence-electron chi connectivity index (χ4n) is 1.21. The van der Waals surface area contributed by atoms with Crippen molar-refractivity contribution in [2.75, 3.05) is 5.73 Å². The molecule has 5 heteroatoms. The summed E-state index contributed by atoms with van der Waals surface area (Å²) < 4.78 is 37.7. The number of nitrogens with two attached hydrogens (primary N) is 1. The second kappa shape index (κ2) is 4.68. The van der Waals surface area contributed by atoms with Gasteiger partial charge in [-0.1, -0.05) is 0 Å². The summed E-state index contributed by atoms with van der Waals surface area (Å²) in [6, 6.07) is 1.29. The highest BCUT2D eigenvalue weighted by atomic mass is 79.9. The zero-order chi connectivity index (χ0) is 10.7. The number of alkyl halides is 3. The van der Waals surface area contributed by atoms with Crippen molar-refractivity contribution in [3.05, 3.63) is 27.2 Å². The van der Waals surface area contributed by atoms with E-state index in [4.69, 9.17) is 5.73 Å². The predicted octanol–water partition coefficient (Wildman–Crippen LogP) is 3.44. The topological polar surface area (TPSA) is 26.0 Å². The Morgan fingerprint density at radius 3 is 2.07 bits per heavy atom. The molecule has 0 unspecified atom stereocenters. The molecular formula is C9H9BrF3N. The van der Waals surface area contributed by atoms with Gasteiger partial charge in [0.2, 0.25) is 0 Å². The summed E-state index contributed by atoms with van der Waals surface area (Å²) in [4.78, 5) is 0. The molecule has 2 N–H and O–H groups in total. The molecule has 14 heavy (non-hydrogen) atoms. The quantitative estimate of drug-likeness (QED) is 0.835. The molecule has 0 radical (unpaired) electrons. The summed E-state index contributed by atoms with van der Waals surface area (Å²) in [5, 5.41) is 0. The average molecular weight is 268 g/mol. The normalized spacial score (nSPS) is 10.6. The second-order valence-electron chi connectivity index (χ2n) is 2.80. The Kier molecular flexibility index (Phi) is 3.80. The van der Waals surface area contributed by atoms with Crippen molar-refractivity contribution in [1.29, 1.82) is 0 Å². The van der Waals surface area contributed by atoms with Gasteiger partial charge in [-0.15, -0.1) is 0 Å². The molecule has 1 aromatic rings. The van der Waals surface area contributed by atoms with Gasteiger partial charge in [0.15, 0.2) is 0 Å². The molecule has 0 spiro atoms. The van der Waals surface area contributed by atoms with Gasteiger partial charge in [0.05, 0.1) is 5.69 Å². The number of hydrogen-bond donors (Lipinski definition) is 1. The minimum atomic E-state index is -0.851. The van der Waals surface area contributed by atoms with Gasteiger partial charge in [0.1, 0.15) is 20.0 Å². The summed E-state index contributed by atoms with van der Waals surface area (Å²) in [7, 11) is 0. The van der Waals surface area contributed by atoms with Gasteiger partial charge in [0, 0.05) is 10.0 Å². The molecule has 0 heterocycles. The van der Waals surface area contributed by atoms with E-state index in [1.165, 1.54) is 6.07 Å². The van der Waals surface area contributed by atoms with Crippen molar-refractivity contribution in [3.63, 3.8) is 0 Å². The Morgan fingerprint density at radius 2 is 1.64 bits per heavy atom. The van der Waals surface area contributed by atoms with Crippen LogP contribution in [0.1, 0.15) is 16.7 Å². The van der Waals surface area contributed by atoms with E-state index in [9.17, 15) is 13.2 Å². The van der Waals surface area contributed by atoms with E-state index in [0.717, 1.165) is 0 Å². The van der Waals surface area contributed by atoms with E-state index >= 15 is 0 Å². The Hall–Kier alpha value is -0.710. The predicted molar refractivity (Wildman–Crippen MR) is 53.0 cm³/mol. The summed E-state index contributed by atoms with van der Waals surface area (Å²) in [5.41, 5.74) is 6.05. The number of halogens is 4. The second-order valence-corrected chi connectivity index (χ2v) is 3.59. The van der Waals surface area contributed by atoms with Crippen molar-refractivity contribution in [1.82, 2.24) is 0 Å². The molecule has 0 atom stereocenters. The Balaban J connectivity index is 3.38. The average Bonchev–Trinajstić information content (AvgIpc) is 2.21. The molecule has 78 valence electrons. The van der Waals surface area contributed by atoms with Gasteiger partial charge in [-0.2, -0.15) is 0 Å². The molecule has 0 bridgehead atoms. The van der Waals surface area contributed by atoms with Crippen molar-refractivity contribution < 1.29 is 13.2 Å². The first-order chi connectivity index (χ1) is 6.65. The SMILES string of the molecule is Nc1c(Br)c(CF)cc(CF)c1CF. The molecule has 0 saturated heterocycles. The van der Waals surface area contributed by atoms with E-state index in [-0.39, 0.29) is 22.4 Å². The maximum Gasteiger partial charge on any atom is 0.117 e. The summed E-state index contributed by atoms with van der Waals surface area (Å²) in [5.74, 6) is 0. The number of rotatable bonds is 3. The van der Waals surface area contributed by atoms with Crippen LogP contribution in [0.5, 0.6) is 0 Å². The van der Waals surface area contributed by atoms with Gasteiger partial charge in [0.25, 0.3) is 0 Å². The number of nitrogen functional groups attached to an aromatic ring is 1. The van der Waals surface area contributed by atoms with Crippen LogP contribution in [0.3, 0.4) is 0 Å². The van der Waals surface area contributed by atoms with Crippen molar-refractivity contribution in [2.24, 2.45) is 0 Å². The van der Waals surface area contributed by atoms with E-state index in [0.29, 0.717) is 4.47 Å². The van der Waals surface area contributed by atoms with Crippen molar-refractivity contribution in [3.8, 4) is 0 Å². The van der Waals surface area contributed by atoms with Crippen molar-refractivity contribution in [2.45, 2.75) is 20.0 Å². The lowest BCUT2D eigenvalue weighted by Crippen LogP contribution is -2.01. The molecule has 1 nitrogen and oxygen atoms in total. The molecule has 0 aliphatic carbocycles. The molecule has 0 aromatic heterocycles. The van der Waals surface area contributed by atoms with Gasteiger partial charge < -0.3 is 5.73 Å². The van der Waals surface area contributed by atoms with Crippen LogP contribution < -0.4 is 5.73 Å². The van der Waals surface area contributed by atoms with Crippen molar-refractivity contribution >= 4 is 21.6 Å². The lowest BCUT2D eigenvalue weighted by Gasteiger charge is -2.11. The first kappa shape index (κ1) is 11.4. The van der Waals surface area contributed by atoms with Gasteiger partial charge in [-0.05, 0) is 33.1 Å². The fraction of sp³-hybridized carbons (Fsp3) is 0.333. The highest BCUT2D eigenvalue weighted by Crippen LogP contribution is 2.32. The minimum absolute atomic E-state index is 0.0790. The monoisotopic (exact) mass is 267 g/mol. The molecule has 0 aliphatic rings. The van der Waals surface area contributed by atoms with Crippen LogP contribution in [0, 0.1) is 0 Å². The minimum Gasteiger partial charge on any atom is -0.397 e. The van der Waals surface area contributed by atoms with E-state index in [1.54, 1.807) is 0 Å². The van der Waals surface area contributed by atoms with E-state index in [1.807, 2.05) is 0 Å². The third-order valence-corrected chi connectivity index (χ3v) is 2.94. The van der Waals surface area contributed by atoms with Gasteiger partial charge >= 0.3 is 0 Å². The third kappa shape index (κ3) is 1.87. The number of anilines is 1. The van der Waals surface area contributed by atoms with E-state index < -0.39 is 20.0 Å². The molecule has 0 amide bonds. The zero-order valence-electron chi connectivity index (χ0n) is 7.29. The fourth-order valence-corrected chi connectivity index (χ4v) is 1.67.